The van der Waals surface area contributed by atoms with Crippen molar-refractivity contribution in [3.05, 3.63) is 35.6 Å². The van der Waals surface area contributed by atoms with E-state index in [-0.39, 0.29) is 5.76 Å². The zero-order chi connectivity index (χ0) is 16.3. The molecule has 0 atom stereocenters. The number of aromatic nitrogens is 1. The largest absolute Gasteiger partial charge is 0.493 e. The molecule has 0 aliphatic carbocycles. The fraction of sp³-hybridized carbons (Fsp3) is 0.267. The summed E-state index contributed by atoms with van der Waals surface area (Å²) in [5.74, 6) is 0.242. The Hall–Kier alpha value is -2.83. The van der Waals surface area contributed by atoms with E-state index in [1.807, 2.05) is 6.92 Å². The van der Waals surface area contributed by atoms with Crippen molar-refractivity contribution in [3.63, 3.8) is 0 Å². The highest BCUT2D eigenvalue weighted by Gasteiger charge is 2.16. The molecule has 116 valence electrons. The van der Waals surface area contributed by atoms with Crippen molar-refractivity contribution < 1.29 is 14.1 Å². The van der Waals surface area contributed by atoms with Gasteiger partial charge in [0.15, 0.2) is 0 Å². The first-order valence-electron chi connectivity index (χ1n) is 6.74. The molecule has 0 bridgehead atoms. The lowest BCUT2D eigenvalue weighted by Gasteiger charge is -2.16. The van der Waals surface area contributed by atoms with Gasteiger partial charge in [0.25, 0.3) is 5.91 Å². The number of nitrogens with zero attached hydrogens (tertiary/aromatic N) is 2. The second-order valence-corrected chi connectivity index (χ2v) is 4.83. The second kappa shape index (κ2) is 6.30. The summed E-state index contributed by atoms with van der Waals surface area (Å²) in [4.78, 5) is 12.8. The number of hydrogen-bond acceptors (Lipinski definition) is 5. The van der Waals surface area contributed by atoms with Crippen molar-refractivity contribution in [1.29, 1.82) is 5.41 Å². The van der Waals surface area contributed by atoms with Gasteiger partial charge in [0.05, 0.1) is 6.61 Å². The van der Waals surface area contributed by atoms with E-state index in [9.17, 15) is 4.79 Å². The lowest BCUT2D eigenvalue weighted by Crippen LogP contribution is -2.21. The number of primary amides is 1. The Labute approximate surface area is 128 Å². The Kier molecular flexibility index (Phi) is 4.45. The fourth-order valence-corrected chi connectivity index (χ4v) is 1.93. The monoisotopic (exact) mass is 302 g/mol. The Morgan fingerprint density at radius 3 is 2.68 bits per heavy atom. The average Bonchev–Trinajstić information content (AvgIpc) is 2.96. The van der Waals surface area contributed by atoms with Gasteiger partial charge in [-0.1, -0.05) is 11.2 Å². The van der Waals surface area contributed by atoms with Crippen molar-refractivity contribution in [2.24, 2.45) is 5.73 Å². The smallest absolute Gasteiger partial charge is 0.287 e. The molecule has 0 spiro atoms. The van der Waals surface area contributed by atoms with E-state index in [0.717, 1.165) is 5.56 Å². The van der Waals surface area contributed by atoms with Crippen LogP contribution in [-0.4, -0.2) is 42.5 Å². The first-order chi connectivity index (χ1) is 10.4. The highest BCUT2D eigenvalue weighted by Crippen LogP contribution is 2.31. The zero-order valence-electron chi connectivity index (χ0n) is 12.7. The lowest BCUT2D eigenvalue weighted by atomic mass is 10.1. The predicted molar refractivity (Wildman–Crippen MR) is 82.1 cm³/mol. The van der Waals surface area contributed by atoms with Gasteiger partial charge < -0.3 is 19.9 Å². The number of ether oxygens (including phenoxy) is 1. The van der Waals surface area contributed by atoms with Gasteiger partial charge >= 0.3 is 0 Å². The molecule has 0 fully saturated rings. The van der Waals surface area contributed by atoms with Crippen molar-refractivity contribution in [1.82, 2.24) is 10.1 Å². The molecule has 3 N–H and O–H groups in total. The zero-order valence-corrected chi connectivity index (χ0v) is 12.7. The van der Waals surface area contributed by atoms with Gasteiger partial charge in [0.1, 0.15) is 17.3 Å². The average molecular weight is 302 g/mol. The summed E-state index contributed by atoms with van der Waals surface area (Å²) < 4.78 is 10.5. The number of carbonyl (C=O) groups is 1. The Balaban J connectivity index is 2.46. The van der Waals surface area contributed by atoms with E-state index in [0.29, 0.717) is 29.4 Å². The molecule has 1 heterocycles. The molecule has 1 aromatic carbocycles. The van der Waals surface area contributed by atoms with Gasteiger partial charge in [-0.15, -0.1) is 0 Å². The molecule has 0 saturated heterocycles. The Morgan fingerprint density at radius 2 is 2.14 bits per heavy atom. The normalized spacial score (nSPS) is 10.3. The maximum absolute atomic E-state index is 11.1. The lowest BCUT2D eigenvalue weighted by molar-refractivity contribution is 0.0965. The van der Waals surface area contributed by atoms with Gasteiger partial charge in [0, 0.05) is 31.3 Å². The minimum atomic E-state index is -0.678. The third kappa shape index (κ3) is 3.08. The van der Waals surface area contributed by atoms with Crippen LogP contribution in [0, 0.1) is 5.41 Å². The van der Waals surface area contributed by atoms with Crippen LogP contribution in [0.2, 0.25) is 0 Å². The number of hydrogen-bond donors (Lipinski definition) is 2. The maximum atomic E-state index is 11.1. The molecule has 0 aliphatic rings. The third-order valence-corrected chi connectivity index (χ3v) is 3.03. The minimum absolute atomic E-state index is 0.0115. The van der Waals surface area contributed by atoms with Crippen LogP contribution in [0.25, 0.3) is 11.3 Å². The summed E-state index contributed by atoms with van der Waals surface area (Å²) in [6.45, 7) is 2.33. The van der Waals surface area contributed by atoms with Crippen molar-refractivity contribution in [3.8, 4) is 17.0 Å². The van der Waals surface area contributed by atoms with Crippen LogP contribution in [-0.2, 0) is 0 Å². The number of benzene rings is 1. The van der Waals surface area contributed by atoms with Crippen LogP contribution in [0.3, 0.4) is 0 Å². The predicted octanol–water partition coefficient (Wildman–Crippen LogP) is 1.73. The first-order valence-corrected chi connectivity index (χ1v) is 6.74. The van der Waals surface area contributed by atoms with Gasteiger partial charge in [-0.05, 0) is 19.1 Å². The van der Waals surface area contributed by atoms with Crippen LogP contribution in [0.15, 0.2) is 28.8 Å². The molecule has 7 nitrogen and oxygen atoms in total. The molecule has 2 rings (SSSR count). The summed E-state index contributed by atoms with van der Waals surface area (Å²) in [6, 6.07) is 6.80. The number of nitrogens with two attached hydrogens (primary N) is 1. The van der Waals surface area contributed by atoms with Crippen LogP contribution in [0.1, 0.15) is 23.0 Å². The molecule has 0 aliphatic heterocycles. The van der Waals surface area contributed by atoms with Crippen LogP contribution >= 0.6 is 0 Å². The quantitative estimate of drug-likeness (QED) is 0.646. The first kappa shape index (κ1) is 15.6. The van der Waals surface area contributed by atoms with Crippen LogP contribution < -0.4 is 10.5 Å². The summed E-state index contributed by atoms with van der Waals surface area (Å²) in [5.41, 5.74) is 7.01. The topological polar surface area (TPSA) is 105 Å². The third-order valence-electron chi connectivity index (χ3n) is 3.03. The highest BCUT2D eigenvalue weighted by atomic mass is 16.5. The molecule has 7 heteroatoms. The number of amidine groups is 1. The number of carbonyl (C=O) groups excluding carboxylic acids is 1. The van der Waals surface area contributed by atoms with E-state index in [1.165, 1.54) is 6.07 Å². The SMILES string of the molecule is CCOc1cc(C(=N)N(C)C)ccc1-c1cc(C(N)=O)on1. The minimum Gasteiger partial charge on any atom is -0.493 e. The Bertz CT molecular complexity index is 707. The fourth-order valence-electron chi connectivity index (χ4n) is 1.93. The van der Waals surface area contributed by atoms with Crippen LogP contribution in [0.5, 0.6) is 5.75 Å². The van der Waals surface area contributed by atoms with Gasteiger partial charge in [-0.2, -0.15) is 0 Å². The molecular formula is C15H18N4O3. The van der Waals surface area contributed by atoms with E-state index >= 15 is 0 Å². The Morgan fingerprint density at radius 1 is 1.41 bits per heavy atom. The van der Waals surface area contributed by atoms with Crippen molar-refractivity contribution >= 4 is 11.7 Å². The number of nitrogens with one attached hydrogen (secondary N) is 1. The molecule has 0 unspecified atom stereocenters. The van der Waals surface area contributed by atoms with Gasteiger partial charge in [-0.25, -0.2) is 0 Å². The van der Waals surface area contributed by atoms with Gasteiger partial charge in [-0.3, -0.25) is 10.2 Å². The number of amides is 1. The van der Waals surface area contributed by atoms with E-state index in [2.05, 4.69) is 5.16 Å². The second-order valence-electron chi connectivity index (χ2n) is 4.83. The molecule has 22 heavy (non-hydrogen) atoms. The summed E-state index contributed by atoms with van der Waals surface area (Å²) in [6.07, 6.45) is 0. The molecule has 1 amide bonds. The van der Waals surface area contributed by atoms with Crippen molar-refractivity contribution in [2.75, 3.05) is 20.7 Å². The van der Waals surface area contributed by atoms with E-state index in [4.69, 9.17) is 20.4 Å². The highest BCUT2D eigenvalue weighted by molar-refractivity contribution is 5.97. The van der Waals surface area contributed by atoms with E-state index < -0.39 is 5.91 Å². The summed E-state index contributed by atoms with van der Waals surface area (Å²) in [7, 11) is 3.60. The summed E-state index contributed by atoms with van der Waals surface area (Å²) >= 11 is 0. The molecular weight excluding hydrogens is 284 g/mol. The molecule has 2 aromatic rings. The standard InChI is InChI=1S/C15H18N4O3/c1-4-21-12-7-9(14(16)19(2)3)5-6-10(12)11-8-13(15(17)20)22-18-11/h5-8,16H,4H2,1-3H3,(H2,17,20). The van der Waals surface area contributed by atoms with Gasteiger partial charge in [0.2, 0.25) is 5.76 Å². The molecule has 0 radical (unpaired) electrons. The molecule has 0 saturated carbocycles. The van der Waals surface area contributed by atoms with Crippen LogP contribution in [0.4, 0.5) is 0 Å². The van der Waals surface area contributed by atoms with Crippen molar-refractivity contribution in [2.45, 2.75) is 6.92 Å². The number of rotatable bonds is 5. The molecule has 1 aromatic heterocycles. The van der Waals surface area contributed by atoms with E-state index in [1.54, 1.807) is 37.2 Å². The maximum Gasteiger partial charge on any atom is 0.287 e. The summed E-state index contributed by atoms with van der Waals surface area (Å²) in [5, 5.41) is 11.9.